The number of aliphatic hydroxyl groups is 1. The topological polar surface area (TPSA) is 102 Å². The van der Waals surface area contributed by atoms with E-state index in [0.29, 0.717) is 11.9 Å². The second-order valence-corrected chi connectivity index (χ2v) is 6.90. The highest BCUT2D eigenvalue weighted by molar-refractivity contribution is 6.02. The highest BCUT2D eigenvalue weighted by Crippen LogP contribution is 2.15. The summed E-state index contributed by atoms with van der Waals surface area (Å²) in [6.07, 6.45) is 0. The van der Waals surface area contributed by atoms with Gasteiger partial charge in [-0.1, -0.05) is 42.5 Å². The van der Waals surface area contributed by atoms with E-state index in [4.69, 9.17) is 9.84 Å². The Labute approximate surface area is 173 Å². The van der Waals surface area contributed by atoms with Crippen molar-refractivity contribution in [2.75, 3.05) is 20.3 Å². The molecule has 0 atom stereocenters. The van der Waals surface area contributed by atoms with Crippen molar-refractivity contribution < 1.29 is 19.4 Å². The van der Waals surface area contributed by atoms with E-state index in [2.05, 4.69) is 5.10 Å². The SMILES string of the molecule is Cc1ccccc1CN(C)C(=O)COC(=O)c1nn(CCO)c(=O)c2ccccc12. The van der Waals surface area contributed by atoms with Crippen molar-refractivity contribution in [1.29, 1.82) is 0 Å². The Balaban J connectivity index is 1.75. The number of rotatable bonds is 7. The lowest BCUT2D eigenvalue weighted by Crippen LogP contribution is -2.32. The third-order valence-electron chi connectivity index (χ3n) is 4.79. The first kappa shape index (κ1) is 21.2. The van der Waals surface area contributed by atoms with Gasteiger partial charge in [0.25, 0.3) is 11.5 Å². The number of aliphatic hydroxyl groups excluding tert-OH is 1. The minimum absolute atomic E-state index is 0.0535. The molecule has 8 nitrogen and oxygen atoms in total. The Bertz CT molecular complexity index is 1140. The molecule has 0 bridgehead atoms. The van der Waals surface area contributed by atoms with Gasteiger partial charge in [0.2, 0.25) is 0 Å². The average molecular weight is 409 g/mol. The number of benzene rings is 2. The molecule has 1 N–H and O–H groups in total. The van der Waals surface area contributed by atoms with E-state index in [-0.39, 0.29) is 30.1 Å². The van der Waals surface area contributed by atoms with E-state index >= 15 is 0 Å². The van der Waals surface area contributed by atoms with E-state index in [1.165, 1.54) is 4.90 Å². The smallest absolute Gasteiger partial charge is 0.359 e. The number of nitrogens with zero attached hydrogens (tertiary/aromatic N) is 3. The van der Waals surface area contributed by atoms with Gasteiger partial charge in [0.05, 0.1) is 18.5 Å². The highest BCUT2D eigenvalue weighted by Gasteiger charge is 2.20. The summed E-state index contributed by atoms with van der Waals surface area (Å²) >= 11 is 0. The molecular formula is C22H23N3O5. The fraction of sp³-hybridized carbons (Fsp3) is 0.273. The molecule has 3 rings (SSSR count). The molecule has 0 saturated carbocycles. The normalized spacial score (nSPS) is 10.8. The molecule has 1 amide bonds. The number of likely N-dealkylation sites (N-methyl/N-ethyl adjacent to an activating group) is 1. The first-order valence-electron chi connectivity index (χ1n) is 9.48. The summed E-state index contributed by atoms with van der Waals surface area (Å²) in [6.45, 7) is 1.55. The molecule has 0 aliphatic carbocycles. The zero-order chi connectivity index (χ0) is 21.7. The van der Waals surface area contributed by atoms with Gasteiger partial charge in [-0.15, -0.1) is 0 Å². The molecule has 0 radical (unpaired) electrons. The lowest BCUT2D eigenvalue weighted by atomic mass is 10.1. The quantitative estimate of drug-likeness (QED) is 0.594. The maximum absolute atomic E-state index is 12.6. The second kappa shape index (κ2) is 9.32. The standard InChI is InChI=1S/C22H23N3O5/c1-15-7-3-4-8-16(15)13-24(2)19(27)14-30-22(29)20-17-9-5-6-10-18(17)21(28)25(23-20)11-12-26/h3-10,26H,11-14H2,1-2H3. The van der Waals surface area contributed by atoms with Crippen LogP contribution in [-0.4, -0.2) is 51.9 Å². The lowest BCUT2D eigenvalue weighted by Gasteiger charge is -2.18. The van der Waals surface area contributed by atoms with E-state index in [1.807, 2.05) is 31.2 Å². The molecule has 0 fully saturated rings. The molecule has 8 heteroatoms. The highest BCUT2D eigenvalue weighted by atomic mass is 16.5. The van der Waals surface area contributed by atoms with Gasteiger partial charge in [-0.25, -0.2) is 9.48 Å². The third kappa shape index (κ3) is 4.55. The van der Waals surface area contributed by atoms with Gasteiger partial charge in [0.1, 0.15) is 0 Å². The Hall–Kier alpha value is -3.52. The first-order valence-corrected chi connectivity index (χ1v) is 9.48. The average Bonchev–Trinajstić information content (AvgIpc) is 2.75. The molecule has 1 heterocycles. The largest absolute Gasteiger partial charge is 0.451 e. The van der Waals surface area contributed by atoms with Gasteiger partial charge in [-0.05, 0) is 24.1 Å². The predicted octanol–water partition coefficient (Wildman–Crippen LogP) is 1.51. The molecule has 30 heavy (non-hydrogen) atoms. The van der Waals surface area contributed by atoms with Crippen molar-refractivity contribution in [1.82, 2.24) is 14.7 Å². The summed E-state index contributed by atoms with van der Waals surface area (Å²) in [5.41, 5.74) is 1.58. The van der Waals surface area contributed by atoms with Gasteiger partial charge in [0.15, 0.2) is 12.3 Å². The maximum Gasteiger partial charge on any atom is 0.359 e. The van der Waals surface area contributed by atoms with Gasteiger partial charge >= 0.3 is 5.97 Å². The predicted molar refractivity (Wildman–Crippen MR) is 111 cm³/mol. The molecule has 2 aromatic carbocycles. The van der Waals surface area contributed by atoms with Crippen LogP contribution in [0.4, 0.5) is 0 Å². The van der Waals surface area contributed by atoms with Crippen molar-refractivity contribution >= 4 is 22.6 Å². The van der Waals surface area contributed by atoms with Crippen molar-refractivity contribution in [3.8, 4) is 0 Å². The number of amides is 1. The minimum Gasteiger partial charge on any atom is -0.451 e. The van der Waals surface area contributed by atoms with E-state index in [1.54, 1.807) is 31.3 Å². The van der Waals surface area contributed by atoms with Crippen LogP contribution in [0.25, 0.3) is 10.8 Å². The molecule has 0 aliphatic rings. The number of carbonyl (C=O) groups is 2. The summed E-state index contributed by atoms with van der Waals surface area (Å²) < 4.78 is 6.21. The number of esters is 1. The minimum atomic E-state index is -0.810. The van der Waals surface area contributed by atoms with Crippen molar-refractivity contribution in [2.24, 2.45) is 0 Å². The summed E-state index contributed by atoms with van der Waals surface area (Å²) in [7, 11) is 1.64. The van der Waals surface area contributed by atoms with Gasteiger partial charge in [0, 0.05) is 19.0 Å². The number of carbonyl (C=O) groups excluding carboxylic acids is 2. The summed E-state index contributed by atoms with van der Waals surface area (Å²) in [5, 5.41) is 13.8. The van der Waals surface area contributed by atoms with Crippen LogP contribution < -0.4 is 5.56 Å². The number of aryl methyl sites for hydroxylation is 1. The monoisotopic (exact) mass is 409 g/mol. The van der Waals surface area contributed by atoms with Crippen LogP contribution in [0.2, 0.25) is 0 Å². The molecule has 156 valence electrons. The van der Waals surface area contributed by atoms with Crippen molar-refractivity contribution in [3.05, 3.63) is 75.7 Å². The number of hydrogen-bond donors (Lipinski definition) is 1. The van der Waals surface area contributed by atoms with Crippen LogP contribution in [-0.2, 0) is 22.6 Å². The Morgan fingerprint density at radius 1 is 1.10 bits per heavy atom. The second-order valence-electron chi connectivity index (χ2n) is 6.90. The van der Waals surface area contributed by atoms with Gasteiger partial charge in [-0.3, -0.25) is 9.59 Å². The Morgan fingerprint density at radius 3 is 2.47 bits per heavy atom. The van der Waals surface area contributed by atoms with E-state index in [0.717, 1.165) is 15.8 Å². The van der Waals surface area contributed by atoms with Gasteiger partial charge < -0.3 is 14.7 Å². The number of aromatic nitrogens is 2. The first-order chi connectivity index (χ1) is 14.4. The van der Waals surface area contributed by atoms with Crippen LogP contribution >= 0.6 is 0 Å². The molecule has 0 unspecified atom stereocenters. The van der Waals surface area contributed by atoms with Gasteiger partial charge in [-0.2, -0.15) is 5.10 Å². The Kier molecular flexibility index (Phi) is 6.58. The molecule has 0 aliphatic heterocycles. The van der Waals surface area contributed by atoms with Crippen LogP contribution in [0.15, 0.2) is 53.3 Å². The van der Waals surface area contributed by atoms with Crippen molar-refractivity contribution in [3.63, 3.8) is 0 Å². The number of hydrogen-bond acceptors (Lipinski definition) is 6. The number of fused-ring (bicyclic) bond motifs is 1. The fourth-order valence-electron chi connectivity index (χ4n) is 3.07. The molecule has 0 saturated heterocycles. The van der Waals surface area contributed by atoms with Crippen molar-refractivity contribution in [2.45, 2.75) is 20.0 Å². The Morgan fingerprint density at radius 2 is 1.77 bits per heavy atom. The lowest BCUT2D eigenvalue weighted by molar-refractivity contribution is -0.133. The van der Waals surface area contributed by atoms with E-state index in [9.17, 15) is 14.4 Å². The van der Waals surface area contributed by atoms with Crippen LogP contribution in [0, 0.1) is 6.92 Å². The summed E-state index contributed by atoms with van der Waals surface area (Å²) in [4.78, 5) is 39.0. The molecule has 0 spiro atoms. The zero-order valence-corrected chi connectivity index (χ0v) is 16.9. The molecule has 3 aromatic rings. The molecular weight excluding hydrogens is 386 g/mol. The third-order valence-corrected chi connectivity index (χ3v) is 4.79. The maximum atomic E-state index is 12.6. The van der Waals surface area contributed by atoms with Crippen LogP contribution in [0.5, 0.6) is 0 Å². The number of ether oxygens (including phenoxy) is 1. The van der Waals surface area contributed by atoms with Crippen LogP contribution in [0.1, 0.15) is 21.6 Å². The van der Waals surface area contributed by atoms with E-state index < -0.39 is 18.1 Å². The summed E-state index contributed by atoms with van der Waals surface area (Å²) in [5.74, 6) is -1.17. The molecule has 1 aromatic heterocycles. The van der Waals surface area contributed by atoms with Crippen LogP contribution in [0.3, 0.4) is 0 Å². The zero-order valence-electron chi connectivity index (χ0n) is 16.9. The fourth-order valence-corrected chi connectivity index (χ4v) is 3.07. The summed E-state index contributed by atoms with van der Waals surface area (Å²) in [6, 6.07) is 14.2.